The molecule has 2 aromatic rings. The molecule has 20 heavy (non-hydrogen) atoms. The van der Waals surface area contributed by atoms with Crippen LogP contribution in [0.3, 0.4) is 0 Å². The van der Waals surface area contributed by atoms with Crippen molar-refractivity contribution in [3.8, 4) is 0 Å². The summed E-state index contributed by atoms with van der Waals surface area (Å²) < 4.78 is 0. The van der Waals surface area contributed by atoms with Crippen molar-refractivity contribution in [3.63, 3.8) is 0 Å². The van der Waals surface area contributed by atoms with Crippen molar-refractivity contribution < 1.29 is 4.79 Å². The van der Waals surface area contributed by atoms with E-state index in [0.717, 1.165) is 18.7 Å². The number of rotatable bonds is 5. The van der Waals surface area contributed by atoms with E-state index in [1.165, 1.54) is 0 Å². The van der Waals surface area contributed by atoms with Crippen molar-refractivity contribution in [1.29, 1.82) is 0 Å². The van der Waals surface area contributed by atoms with Crippen LogP contribution in [0.1, 0.15) is 23.7 Å². The van der Waals surface area contributed by atoms with Gasteiger partial charge in [-0.1, -0.05) is 31.2 Å². The molecule has 0 spiro atoms. The number of hydrogen-bond acceptors (Lipinski definition) is 3. The average Bonchev–Trinajstić information content (AvgIpc) is 2.47. The van der Waals surface area contributed by atoms with E-state index in [4.69, 9.17) is 5.73 Å². The fourth-order valence-electron chi connectivity index (χ4n) is 1.90. The molecule has 0 aliphatic rings. The Bertz CT molecular complexity index is 596. The lowest BCUT2D eigenvalue weighted by molar-refractivity contribution is 0.102. The predicted molar refractivity (Wildman–Crippen MR) is 84.0 cm³/mol. The highest BCUT2D eigenvalue weighted by Gasteiger charge is 2.11. The van der Waals surface area contributed by atoms with Crippen LogP contribution >= 0.6 is 0 Å². The van der Waals surface area contributed by atoms with Crippen molar-refractivity contribution in [2.75, 3.05) is 22.9 Å². The maximum Gasteiger partial charge on any atom is 0.257 e. The normalized spacial score (nSPS) is 10.1. The average molecular weight is 269 g/mol. The summed E-state index contributed by atoms with van der Waals surface area (Å²) in [6.07, 6.45) is 1.00. The SMILES string of the molecule is CCCNc1ccccc1C(=O)Nc1ccccc1N. The third-order valence-electron chi connectivity index (χ3n) is 2.95. The highest BCUT2D eigenvalue weighted by molar-refractivity contribution is 6.09. The van der Waals surface area contributed by atoms with Gasteiger partial charge in [0, 0.05) is 12.2 Å². The number of hydrogen-bond donors (Lipinski definition) is 3. The van der Waals surface area contributed by atoms with Gasteiger partial charge in [-0.05, 0) is 30.7 Å². The van der Waals surface area contributed by atoms with Crippen LogP contribution in [-0.4, -0.2) is 12.5 Å². The third-order valence-corrected chi connectivity index (χ3v) is 2.95. The summed E-state index contributed by atoms with van der Waals surface area (Å²) in [7, 11) is 0. The van der Waals surface area contributed by atoms with Gasteiger partial charge in [-0.2, -0.15) is 0 Å². The van der Waals surface area contributed by atoms with E-state index >= 15 is 0 Å². The maximum absolute atomic E-state index is 12.3. The minimum atomic E-state index is -0.165. The third kappa shape index (κ3) is 3.29. The second-order valence-electron chi connectivity index (χ2n) is 4.51. The van der Waals surface area contributed by atoms with Crippen molar-refractivity contribution in [2.24, 2.45) is 0 Å². The summed E-state index contributed by atoms with van der Waals surface area (Å²) in [6.45, 7) is 2.91. The summed E-state index contributed by atoms with van der Waals surface area (Å²) >= 11 is 0. The lowest BCUT2D eigenvalue weighted by Gasteiger charge is -2.12. The zero-order chi connectivity index (χ0) is 14.4. The molecule has 0 saturated heterocycles. The first-order valence-corrected chi connectivity index (χ1v) is 6.71. The van der Waals surface area contributed by atoms with E-state index in [2.05, 4.69) is 17.6 Å². The molecule has 0 aliphatic carbocycles. The molecule has 0 bridgehead atoms. The van der Waals surface area contributed by atoms with Gasteiger partial charge in [-0.3, -0.25) is 4.79 Å². The highest BCUT2D eigenvalue weighted by Crippen LogP contribution is 2.20. The van der Waals surface area contributed by atoms with E-state index in [-0.39, 0.29) is 5.91 Å². The molecule has 4 N–H and O–H groups in total. The molecular weight excluding hydrogens is 250 g/mol. The molecule has 0 aliphatic heterocycles. The smallest absolute Gasteiger partial charge is 0.257 e. The number of nitrogen functional groups attached to an aromatic ring is 1. The topological polar surface area (TPSA) is 67.2 Å². The van der Waals surface area contributed by atoms with Gasteiger partial charge < -0.3 is 16.4 Å². The number of para-hydroxylation sites is 3. The van der Waals surface area contributed by atoms with Crippen LogP contribution in [0.4, 0.5) is 17.1 Å². The van der Waals surface area contributed by atoms with Gasteiger partial charge in [0.15, 0.2) is 0 Å². The quantitative estimate of drug-likeness (QED) is 0.729. The Kier molecular flexibility index (Phi) is 4.60. The summed E-state index contributed by atoms with van der Waals surface area (Å²) in [6, 6.07) is 14.7. The molecule has 0 saturated carbocycles. The first-order valence-electron chi connectivity index (χ1n) is 6.71. The van der Waals surface area contributed by atoms with Gasteiger partial charge in [0.25, 0.3) is 5.91 Å². The molecule has 4 nitrogen and oxygen atoms in total. The lowest BCUT2D eigenvalue weighted by atomic mass is 10.1. The second-order valence-corrected chi connectivity index (χ2v) is 4.51. The first-order chi connectivity index (χ1) is 9.72. The number of anilines is 3. The summed E-state index contributed by atoms with van der Waals surface area (Å²) in [5.74, 6) is -0.165. The van der Waals surface area contributed by atoms with Crippen LogP contribution in [0, 0.1) is 0 Å². The molecule has 0 aromatic heterocycles. The standard InChI is InChI=1S/C16H19N3O/c1-2-11-18-14-9-5-3-7-12(14)16(20)19-15-10-6-4-8-13(15)17/h3-10,18H,2,11,17H2,1H3,(H,19,20). The number of nitrogens with two attached hydrogens (primary N) is 1. The molecule has 0 radical (unpaired) electrons. The number of benzene rings is 2. The molecule has 104 valence electrons. The summed E-state index contributed by atoms with van der Waals surface area (Å²) in [5.41, 5.74) is 8.47. The minimum absolute atomic E-state index is 0.165. The molecule has 2 rings (SSSR count). The highest BCUT2D eigenvalue weighted by atomic mass is 16.1. The number of amides is 1. The Morgan fingerprint density at radius 3 is 2.40 bits per heavy atom. The lowest BCUT2D eigenvalue weighted by Crippen LogP contribution is -2.15. The zero-order valence-electron chi connectivity index (χ0n) is 11.5. The fourth-order valence-corrected chi connectivity index (χ4v) is 1.90. The van der Waals surface area contributed by atoms with E-state index in [1.54, 1.807) is 18.2 Å². The van der Waals surface area contributed by atoms with E-state index in [1.807, 2.05) is 30.3 Å². The van der Waals surface area contributed by atoms with Gasteiger partial charge in [0.05, 0.1) is 16.9 Å². The monoisotopic (exact) mass is 269 g/mol. The van der Waals surface area contributed by atoms with Crippen LogP contribution in [0.25, 0.3) is 0 Å². The number of carbonyl (C=O) groups excluding carboxylic acids is 1. The molecule has 0 unspecified atom stereocenters. The van der Waals surface area contributed by atoms with Gasteiger partial charge in [0.2, 0.25) is 0 Å². The Balaban J connectivity index is 2.19. The molecule has 4 heteroatoms. The number of nitrogens with one attached hydrogen (secondary N) is 2. The van der Waals surface area contributed by atoms with Crippen molar-refractivity contribution in [1.82, 2.24) is 0 Å². The van der Waals surface area contributed by atoms with Gasteiger partial charge in [0.1, 0.15) is 0 Å². The molecule has 0 heterocycles. The molecule has 0 fully saturated rings. The Labute approximate surface area is 119 Å². The Morgan fingerprint density at radius 1 is 1.05 bits per heavy atom. The van der Waals surface area contributed by atoms with Crippen molar-refractivity contribution >= 4 is 23.0 Å². The van der Waals surface area contributed by atoms with Crippen LogP contribution in [0.5, 0.6) is 0 Å². The van der Waals surface area contributed by atoms with E-state index in [0.29, 0.717) is 16.9 Å². The van der Waals surface area contributed by atoms with Crippen molar-refractivity contribution in [2.45, 2.75) is 13.3 Å². The van der Waals surface area contributed by atoms with Gasteiger partial charge in [-0.15, -0.1) is 0 Å². The Morgan fingerprint density at radius 2 is 1.70 bits per heavy atom. The van der Waals surface area contributed by atoms with E-state index < -0.39 is 0 Å². The molecular formula is C16H19N3O. The minimum Gasteiger partial charge on any atom is -0.397 e. The fraction of sp³-hybridized carbons (Fsp3) is 0.188. The van der Waals surface area contributed by atoms with Gasteiger partial charge >= 0.3 is 0 Å². The van der Waals surface area contributed by atoms with E-state index in [9.17, 15) is 4.79 Å². The van der Waals surface area contributed by atoms with Crippen LogP contribution in [0.2, 0.25) is 0 Å². The predicted octanol–water partition coefficient (Wildman–Crippen LogP) is 3.34. The molecule has 2 aromatic carbocycles. The van der Waals surface area contributed by atoms with Crippen LogP contribution in [-0.2, 0) is 0 Å². The summed E-state index contributed by atoms with van der Waals surface area (Å²) in [4.78, 5) is 12.3. The molecule has 0 atom stereocenters. The van der Waals surface area contributed by atoms with Crippen LogP contribution in [0.15, 0.2) is 48.5 Å². The first kappa shape index (κ1) is 13.9. The molecule has 1 amide bonds. The second kappa shape index (κ2) is 6.61. The van der Waals surface area contributed by atoms with Gasteiger partial charge in [-0.25, -0.2) is 0 Å². The van der Waals surface area contributed by atoms with Crippen molar-refractivity contribution in [3.05, 3.63) is 54.1 Å². The largest absolute Gasteiger partial charge is 0.397 e. The van der Waals surface area contributed by atoms with Crippen LogP contribution < -0.4 is 16.4 Å². The summed E-state index contributed by atoms with van der Waals surface area (Å²) in [5, 5.41) is 6.09. The maximum atomic E-state index is 12.3. The Hall–Kier alpha value is -2.49. The zero-order valence-corrected chi connectivity index (χ0v) is 11.5. The number of carbonyl (C=O) groups is 1.